The number of hydrogen-bond donors (Lipinski definition) is 1. The highest BCUT2D eigenvalue weighted by Gasteiger charge is 2.27. The molecule has 0 aliphatic rings. The Balaban J connectivity index is 2.64. The predicted octanol–water partition coefficient (Wildman–Crippen LogP) is 3.50. The van der Waals surface area contributed by atoms with Gasteiger partial charge in [-0.2, -0.15) is 13.2 Å². The molecule has 0 saturated carbocycles. The fourth-order valence-corrected chi connectivity index (χ4v) is 1.31. The third kappa shape index (κ3) is 3.88. The standard InChI is InChI=1S/C9H8BrF4NO/c10-5-3-7(15)8(4-6(5)11)16-2-1-9(12,13)14/h3-4H,1-2,15H2. The van der Waals surface area contributed by atoms with E-state index in [-0.39, 0.29) is 15.9 Å². The lowest BCUT2D eigenvalue weighted by Gasteiger charge is -2.11. The van der Waals surface area contributed by atoms with E-state index in [1.165, 1.54) is 6.07 Å². The van der Waals surface area contributed by atoms with Crippen LogP contribution in [0.25, 0.3) is 0 Å². The first-order chi connectivity index (χ1) is 7.29. The highest BCUT2D eigenvalue weighted by atomic mass is 79.9. The molecule has 16 heavy (non-hydrogen) atoms. The number of rotatable bonds is 3. The molecule has 0 atom stereocenters. The fourth-order valence-electron chi connectivity index (χ4n) is 0.946. The first kappa shape index (κ1) is 13.1. The van der Waals surface area contributed by atoms with Gasteiger partial charge in [0.25, 0.3) is 0 Å². The summed E-state index contributed by atoms with van der Waals surface area (Å²) in [6, 6.07) is 2.17. The summed E-state index contributed by atoms with van der Waals surface area (Å²) >= 11 is 2.89. The zero-order chi connectivity index (χ0) is 12.3. The molecule has 0 aliphatic carbocycles. The SMILES string of the molecule is Nc1cc(Br)c(F)cc1OCCC(F)(F)F. The molecule has 0 saturated heterocycles. The summed E-state index contributed by atoms with van der Waals surface area (Å²) in [5, 5.41) is 0. The van der Waals surface area contributed by atoms with Crippen molar-refractivity contribution in [3.8, 4) is 5.75 Å². The van der Waals surface area contributed by atoms with E-state index in [1.807, 2.05) is 0 Å². The minimum absolute atomic E-state index is 0.0791. The Bertz CT molecular complexity index is 381. The fraction of sp³-hybridized carbons (Fsp3) is 0.333. The van der Waals surface area contributed by atoms with Crippen LogP contribution in [0.3, 0.4) is 0 Å². The van der Waals surface area contributed by atoms with Crippen molar-refractivity contribution < 1.29 is 22.3 Å². The van der Waals surface area contributed by atoms with Gasteiger partial charge in [-0.05, 0) is 22.0 Å². The lowest BCUT2D eigenvalue weighted by molar-refractivity contribution is -0.139. The number of benzene rings is 1. The topological polar surface area (TPSA) is 35.2 Å². The second kappa shape index (κ2) is 4.90. The number of anilines is 1. The summed E-state index contributed by atoms with van der Waals surface area (Å²) in [7, 11) is 0. The number of nitrogen functional groups attached to an aromatic ring is 1. The van der Waals surface area contributed by atoms with E-state index in [4.69, 9.17) is 10.5 Å². The molecule has 0 radical (unpaired) electrons. The first-order valence-electron chi connectivity index (χ1n) is 4.23. The zero-order valence-electron chi connectivity index (χ0n) is 7.94. The highest BCUT2D eigenvalue weighted by Crippen LogP contribution is 2.29. The van der Waals surface area contributed by atoms with Crippen LogP contribution in [0.4, 0.5) is 23.2 Å². The van der Waals surface area contributed by atoms with Gasteiger partial charge in [-0.3, -0.25) is 0 Å². The van der Waals surface area contributed by atoms with Gasteiger partial charge >= 0.3 is 6.18 Å². The number of hydrogen-bond acceptors (Lipinski definition) is 2. The molecule has 90 valence electrons. The average molecular weight is 302 g/mol. The second-order valence-electron chi connectivity index (χ2n) is 3.02. The van der Waals surface area contributed by atoms with Crippen LogP contribution in [0, 0.1) is 5.82 Å². The summed E-state index contributed by atoms with van der Waals surface area (Å²) in [6.45, 7) is -0.589. The molecule has 1 aromatic rings. The molecule has 0 aromatic heterocycles. The normalized spacial score (nSPS) is 11.6. The molecule has 0 amide bonds. The number of alkyl halides is 3. The summed E-state index contributed by atoms with van der Waals surface area (Å²) in [5.41, 5.74) is 5.52. The van der Waals surface area contributed by atoms with E-state index in [1.54, 1.807) is 0 Å². The minimum Gasteiger partial charge on any atom is -0.491 e. The Morgan fingerprint density at radius 3 is 2.50 bits per heavy atom. The molecule has 1 rings (SSSR count). The molecule has 2 N–H and O–H groups in total. The van der Waals surface area contributed by atoms with Gasteiger partial charge in [-0.25, -0.2) is 4.39 Å². The second-order valence-corrected chi connectivity index (χ2v) is 3.87. The van der Waals surface area contributed by atoms with E-state index in [0.717, 1.165) is 6.07 Å². The monoisotopic (exact) mass is 301 g/mol. The summed E-state index contributed by atoms with van der Waals surface area (Å²) in [4.78, 5) is 0. The van der Waals surface area contributed by atoms with E-state index in [2.05, 4.69) is 15.9 Å². The van der Waals surface area contributed by atoms with Crippen LogP contribution in [-0.4, -0.2) is 12.8 Å². The first-order valence-corrected chi connectivity index (χ1v) is 5.03. The molecule has 1 aromatic carbocycles. The molecule has 0 spiro atoms. The molecule has 0 aliphatic heterocycles. The van der Waals surface area contributed by atoms with Gasteiger partial charge in [-0.1, -0.05) is 0 Å². The van der Waals surface area contributed by atoms with Crippen LogP contribution < -0.4 is 10.5 Å². The maximum absolute atomic E-state index is 13.0. The maximum atomic E-state index is 13.0. The van der Waals surface area contributed by atoms with Crippen molar-refractivity contribution in [2.24, 2.45) is 0 Å². The van der Waals surface area contributed by atoms with Crippen LogP contribution in [-0.2, 0) is 0 Å². The summed E-state index contributed by atoms with van der Waals surface area (Å²) in [6.07, 6.45) is -5.41. The lowest BCUT2D eigenvalue weighted by Crippen LogP contribution is -2.13. The predicted molar refractivity (Wildman–Crippen MR) is 54.7 cm³/mol. The molecule has 0 fully saturated rings. The number of ether oxygens (including phenoxy) is 1. The Kier molecular flexibility index (Phi) is 4.01. The molecule has 2 nitrogen and oxygen atoms in total. The van der Waals surface area contributed by atoms with Crippen LogP contribution in [0.5, 0.6) is 5.75 Å². The van der Waals surface area contributed by atoms with Gasteiger partial charge in [0, 0.05) is 6.07 Å². The van der Waals surface area contributed by atoms with Gasteiger partial charge in [0.05, 0.1) is 23.2 Å². The van der Waals surface area contributed by atoms with Crippen molar-refractivity contribution in [2.45, 2.75) is 12.6 Å². The van der Waals surface area contributed by atoms with Crippen LogP contribution >= 0.6 is 15.9 Å². The van der Waals surface area contributed by atoms with E-state index < -0.39 is 25.0 Å². The average Bonchev–Trinajstić information content (AvgIpc) is 2.11. The smallest absolute Gasteiger partial charge is 0.392 e. The van der Waals surface area contributed by atoms with Crippen molar-refractivity contribution in [1.29, 1.82) is 0 Å². The Morgan fingerprint density at radius 2 is 1.94 bits per heavy atom. The minimum atomic E-state index is -4.30. The summed E-state index contributed by atoms with van der Waals surface area (Å²) in [5.74, 6) is -0.735. The highest BCUT2D eigenvalue weighted by molar-refractivity contribution is 9.10. The van der Waals surface area contributed by atoms with Crippen molar-refractivity contribution >= 4 is 21.6 Å². The van der Waals surface area contributed by atoms with Crippen molar-refractivity contribution in [2.75, 3.05) is 12.3 Å². The van der Waals surface area contributed by atoms with Gasteiger partial charge in [0.15, 0.2) is 0 Å². The number of nitrogens with two attached hydrogens (primary N) is 1. The van der Waals surface area contributed by atoms with E-state index in [9.17, 15) is 17.6 Å². The van der Waals surface area contributed by atoms with E-state index >= 15 is 0 Å². The van der Waals surface area contributed by atoms with Crippen molar-refractivity contribution in [3.05, 3.63) is 22.4 Å². The summed E-state index contributed by atoms with van der Waals surface area (Å²) < 4.78 is 53.3. The Hall–Kier alpha value is -0.980. The van der Waals surface area contributed by atoms with Gasteiger partial charge in [0.2, 0.25) is 0 Å². The Morgan fingerprint density at radius 1 is 1.31 bits per heavy atom. The number of halogens is 5. The molecule has 7 heteroatoms. The van der Waals surface area contributed by atoms with Gasteiger partial charge in [-0.15, -0.1) is 0 Å². The van der Waals surface area contributed by atoms with E-state index in [0.29, 0.717) is 0 Å². The molecular formula is C9H8BrF4NO. The van der Waals surface area contributed by atoms with Crippen LogP contribution in [0.1, 0.15) is 6.42 Å². The largest absolute Gasteiger partial charge is 0.491 e. The molecule has 0 bridgehead atoms. The van der Waals surface area contributed by atoms with Gasteiger partial charge in [0.1, 0.15) is 11.6 Å². The third-order valence-electron chi connectivity index (χ3n) is 1.70. The van der Waals surface area contributed by atoms with Crippen LogP contribution in [0.15, 0.2) is 16.6 Å². The third-order valence-corrected chi connectivity index (χ3v) is 2.30. The van der Waals surface area contributed by atoms with Gasteiger partial charge < -0.3 is 10.5 Å². The zero-order valence-corrected chi connectivity index (χ0v) is 9.53. The Labute approximate surface area is 97.5 Å². The van der Waals surface area contributed by atoms with Crippen molar-refractivity contribution in [3.63, 3.8) is 0 Å². The molecule has 0 unspecified atom stereocenters. The van der Waals surface area contributed by atoms with Crippen molar-refractivity contribution in [1.82, 2.24) is 0 Å². The maximum Gasteiger partial charge on any atom is 0.392 e. The quantitative estimate of drug-likeness (QED) is 0.685. The van der Waals surface area contributed by atoms with Crippen LogP contribution in [0.2, 0.25) is 0 Å². The lowest BCUT2D eigenvalue weighted by atomic mass is 10.3. The molecular weight excluding hydrogens is 294 g/mol. The molecule has 0 heterocycles.